The molecule has 1 saturated heterocycles. The van der Waals surface area contributed by atoms with Gasteiger partial charge in [-0.25, -0.2) is 0 Å². The lowest BCUT2D eigenvalue weighted by Gasteiger charge is -2.17. The van der Waals surface area contributed by atoms with E-state index < -0.39 is 0 Å². The van der Waals surface area contributed by atoms with Crippen LogP contribution < -0.4 is 5.32 Å². The van der Waals surface area contributed by atoms with Crippen LogP contribution in [0.15, 0.2) is 0 Å². The summed E-state index contributed by atoms with van der Waals surface area (Å²) in [6.07, 6.45) is 3.91. The molecule has 1 heterocycles. The van der Waals surface area contributed by atoms with E-state index in [0.717, 1.165) is 18.4 Å². The van der Waals surface area contributed by atoms with Gasteiger partial charge in [-0.15, -0.1) is 0 Å². The van der Waals surface area contributed by atoms with E-state index in [1.165, 1.54) is 32.4 Å². The SMILES string of the molecule is CC.CC.COCCCC(C)C1CCNC1. The van der Waals surface area contributed by atoms with Crippen LogP contribution in [0, 0.1) is 11.8 Å². The van der Waals surface area contributed by atoms with E-state index in [9.17, 15) is 0 Å². The minimum atomic E-state index is 0.871. The van der Waals surface area contributed by atoms with Gasteiger partial charge in [-0.1, -0.05) is 34.6 Å². The number of hydrogen-bond acceptors (Lipinski definition) is 2. The summed E-state index contributed by atoms with van der Waals surface area (Å²) < 4.78 is 5.04. The average Bonchev–Trinajstić information content (AvgIpc) is 2.88. The molecule has 2 heteroatoms. The van der Waals surface area contributed by atoms with Gasteiger partial charge in [-0.2, -0.15) is 0 Å². The number of ether oxygens (including phenoxy) is 1. The molecule has 1 aliphatic heterocycles. The van der Waals surface area contributed by atoms with Crippen LogP contribution in [0.25, 0.3) is 0 Å². The molecule has 0 radical (unpaired) electrons. The van der Waals surface area contributed by atoms with Crippen LogP contribution >= 0.6 is 0 Å². The average molecular weight is 231 g/mol. The molecule has 2 nitrogen and oxygen atoms in total. The summed E-state index contributed by atoms with van der Waals surface area (Å²) in [5, 5.41) is 3.41. The molecule has 0 aromatic rings. The highest BCUT2D eigenvalue weighted by Gasteiger charge is 2.20. The third kappa shape index (κ3) is 9.17. The molecule has 0 amide bonds. The molecule has 1 aliphatic rings. The Hall–Kier alpha value is -0.0800. The van der Waals surface area contributed by atoms with Crippen molar-refractivity contribution in [1.29, 1.82) is 0 Å². The Labute approximate surface area is 103 Å². The Morgan fingerprint density at radius 1 is 1.25 bits per heavy atom. The lowest BCUT2D eigenvalue weighted by molar-refractivity contribution is 0.182. The van der Waals surface area contributed by atoms with Crippen molar-refractivity contribution in [1.82, 2.24) is 5.32 Å². The summed E-state index contributed by atoms with van der Waals surface area (Å²) in [5.74, 6) is 1.79. The molecule has 0 aromatic carbocycles. The van der Waals surface area contributed by atoms with Gasteiger partial charge in [0.1, 0.15) is 0 Å². The third-order valence-electron chi connectivity index (χ3n) is 2.91. The molecule has 1 fully saturated rings. The fraction of sp³-hybridized carbons (Fsp3) is 1.00. The van der Waals surface area contributed by atoms with E-state index in [1.807, 2.05) is 27.7 Å². The van der Waals surface area contributed by atoms with E-state index in [1.54, 1.807) is 7.11 Å². The number of nitrogens with one attached hydrogen (secondary N) is 1. The smallest absolute Gasteiger partial charge is 0.0462 e. The first-order valence-corrected chi connectivity index (χ1v) is 7.04. The normalized spacial score (nSPS) is 20.2. The summed E-state index contributed by atoms with van der Waals surface area (Å²) in [6.45, 7) is 13.7. The first-order valence-electron chi connectivity index (χ1n) is 7.04. The van der Waals surface area contributed by atoms with Crippen LogP contribution in [0.1, 0.15) is 53.9 Å². The Bertz CT molecular complexity index is 111. The Morgan fingerprint density at radius 2 is 1.88 bits per heavy atom. The maximum Gasteiger partial charge on any atom is 0.0462 e. The lowest BCUT2D eigenvalue weighted by Crippen LogP contribution is -2.15. The van der Waals surface area contributed by atoms with Crippen LogP contribution in [0.4, 0.5) is 0 Å². The van der Waals surface area contributed by atoms with Crippen LogP contribution in [0.2, 0.25) is 0 Å². The van der Waals surface area contributed by atoms with Crippen molar-refractivity contribution in [2.24, 2.45) is 11.8 Å². The van der Waals surface area contributed by atoms with Crippen LogP contribution in [-0.4, -0.2) is 26.8 Å². The lowest BCUT2D eigenvalue weighted by atomic mass is 9.89. The van der Waals surface area contributed by atoms with Crippen molar-refractivity contribution in [3.05, 3.63) is 0 Å². The van der Waals surface area contributed by atoms with E-state index in [0.29, 0.717) is 0 Å². The highest BCUT2D eigenvalue weighted by Crippen LogP contribution is 2.22. The molecular weight excluding hydrogens is 198 g/mol. The maximum absolute atomic E-state index is 5.04. The molecule has 0 aromatic heterocycles. The highest BCUT2D eigenvalue weighted by molar-refractivity contribution is 4.75. The third-order valence-corrected chi connectivity index (χ3v) is 2.91. The maximum atomic E-state index is 5.04. The second-order valence-electron chi connectivity index (χ2n) is 3.87. The number of rotatable bonds is 5. The van der Waals surface area contributed by atoms with E-state index in [4.69, 9.17) is 4.74 Å². The molecule has 0 spiro atoms. The van der Waals surface area contributed by atoms with Crippen molar-refractivity contribution in [2.75, 3.05) is 26.8 Å². The van der Waals surface area contributed by atoms with Gasteiger partial charge in [0.25, 0.3) is 0 Å². The van der Waals surface area contributed by atoms with E-state index in [2.05, 4.69) is 12.2 Å². The van der Waals surface area contributed by atoms with Gasteiger partial charge in [-0.3, -0.25) is 0 Å². The summed E-state index contributed by atoms with van der Waals surface area (Å²) in [4.78, 5) is 0. The largest absolute Gasteiger partial charge is 0.385 e. The van der Waals surface area contributed by atoms with Gasteiger partial charge in [0.2, 0.25) is 0 Å². The van der Waals surface area contributed by atoms with Gasteiger partial charge in [0, 0.05) is 13.7 Å². The van der Waals surface area contributed by atoms with Crippen LogP contribution in [0.3, 0.4) is 0 Å². The second-order valence-corrected chi connectivity index (χ2v) is 3.87. The molecule has 2 atom stereocenters. The fourth-order valence-corrected chi connectivity index (χ4v) is 1.95. The summed E-state index contributed by atoms with van der Waals surface area (Å²) in [6, 6.07) is 0. The second kappa shape index (κ2) is 14.9. The van der Waals surface area contributed by atoms with Gasteiger partial charge in [-0.05, 0) is 44.2 Å². The molecule has 100 valence electrons. The van der Waals surface area contributed by atoms with Crippen LogP contribution in [0.5, 0.6) is 0 Å². The summed E-state index contributed by atoms with van der Waals surface area (Å²) >= 11 is 0. The molecule has 0 saturated carbocycles. The predicted octanol–water partition coefficient (Wildman–Crippen LogP) is 3.71. The Kier molecular flexibility index (Phi) is 17.1. The predicted molar refractivity (Wildman–Crippen MR) is 73.9 cm³/mol. The minimum Gasteiger partial charge on any atom is -0.385 e. The van der Waals surface area contributed by atoms with Crippen molar-refractivity contribution in [3.8, 4) is 0 Å². The van der Waals surface area contributed by atoms with E-state index in [-0.39, 0.29) is 0 Å². The minimum absolute atomic E-state index is 0.871. The van der Waals surface area contributed by atoms with Gasteiger partial charge < -0.3 is 10.1 Å². The Balaban J connectivity index is 0. The number of methoxy groups -OCH3 is 1. The van der Waals surface area contributed by atoms with E-state index >= 15 is 0 Å². The highest BCUT2D eigenvalue weighted by atomic mass is 16.5. The van der Waals surface area contributed by atoms with Gasteiger partial charge in [0.05, 0.1) is 0 Å². The van der Waals surface area contributed by atoms with Gasteiger partial charge in [0.15, 0.2) is 0 Å². The zero-order chi connectivity index (χ0) is 12.8. The monoisotopic (exact) mass is 231 g/mol. The molecule has 0 bridgehead atoms. The zero-order valence-corrected chi connectivity index (χ0v) is 12.3. The molecule has 1 N–H and O–H groups in total. The topological polar surface area (TPSA) is 21.3 Å². The molecule has 1 rings (SSSR count). The van der Waals surface area contributed by atoms with Gasteiger partial charge >= 0.3 is 0 Å². The molecular formula is C14H33NO. The molecule has 0 aliphatic carbocycles. The van der Waals surface area contributed by atoms with Crippen molar-refractivity contribution in [3.63, 3.8) is 0 Å². The van der Waals surface area contributed by atoms with Crippen LogP contribution in [-0.2, 0) is 4.74 Å². The van der Waals surface area contributed by atoms with Crippen molar-refractivity contribution >= 4 is 0 Å². The van der Waals surface area contributed by atoms with Crippen molar-refractivity contribution in [2.45, 2.75) is 53.9 Å². The summed E-state index contributed by atoms with van der Waals surface area (Å²) in [7, 11) is 1.78. The molecule has 16 heavy (non-hydrogen) atoms. The standard InChI is InChI=1S/C10H21NO.2C2H6/c1-9(4-3-7-12-2)10-5-6-11-8-10;2*1-2/h9-11H,3-8H2,1-2H3;2*1-2H3. The van der Waals surface area contributed by atoms with Crippen molar-refractivity contribution < 1.29 is 4.74 Å². The number of hydrogen-bond donors (Lipinski definition) is 1. The summed E-state index contributed by atoms with van der Waals surface area (Å²) in [5.41, 5.74) is 0. The first-order chi connectivity index (χ1) is 7.84. The zero-order valence-electron chi connectivity index (χ0n) is 12.3. The quantitative estimate of drug-likeness (QED) is 0.728. The molecule has 2 unspecified atom stereocenters. The Morgan fingerprint density at radius 3 is 2.31 bits per heavy atom. The first kappa shape index (κ1) is 18.3. The fourth-order valence-electron chi connectivity index (χ4n) is 1.95.